The van der Waals surface area contributed by atoms with E-state index in [0.717, 1.165) is 5.92 Å². The zero-order chi connectivity index (χ0) is 5.11. The third-order valence-corrected chi connectivity index (χ3v) is 1.36. The molecular weight excluding hydrogens is 159 g/mol. The molecule has 0 aliphatic carbocycles. The van der Waals surface area contributed by atoms with Gasteiger partial charge in [0.1, 0.15) is 0 Å². The average molecular weight is 173 g/mol. The van der Waals surface area contributed by atoms with Crippen molar-refractivity contribution in [3.63, 3.8) is 0 Å². The molecule has 0 amide bonds. The van der Waals surface area contributed by atoms with Gasteiger partial charge in [-0.3, -0.25) is 0 Å². The van der Waals surface area contributed by atoms with Crippen LogP contribution in [0.2, 0.25) is 0 Å². The van der Waals surface area contributed by atoms with E-state index in [4.69, 9.17) is 0 Å². The zero-order valence-electron chi connectivity index (χ0n) is 5.52. The van der Waals surface area contributed by atoms with Crippen LogP contribution in [0.25, 0.3) is 0 Å². The molecule has 1 aliphatic heterocycles. The quantitative estimate of drug-likeness (QED) is 0.626. The van der Waals surface area contributed by atoms with Gasteiger partial charge >= 0.3 is 0 Å². The summed E-state index contributed by atoms with van der Waals surface area (Å²) >= 11 is 0. The van der Waals surface area contributed by atoms with Crippen LogP contribution in [0.5, 0.6) is 0 Å². The topological polar surface area (TPSA) is 24.1 Å². The van der Waals surface area contributed by atoms with Crippen LogP contribution in [0.3, 0.4) is 0 Å². The number of nitrogens with one attached hydrogen (secondary N) is 2. The molecule has 1 heterocycles. The third kappa shape index (κ3) is 3.98. The lowest BCUT2D eigenvalue weighted by Gasteiger charge is -2.26. The first-order chi connectivity index (χ1) is 3.43. The van der Waals surface area contributed by atoms with E-state index < -0.39 is 0 Å². The van der Waals surface area contributed by atoms with Crippen LogP contribution in [0.1, 0.15) is 0 Å². The van der Waals surface area contributed by atoms with Crippen LogP contribution in [0.15, 0.2) is 0 Å². The molecule has 0 atom stereocenters. The van der Waals surface area contributed by atoms with E-state index in [9.17, 15) is 0 Å². The molecule has 1 saturated heterocycles. The maximum absolute atomic E-state index is 3.21. The highest BCUT2D eigenvalue weighted by Crippen LogP contribution is 1.98. The summed E-state index contributed by atoms with van der Waals surface area (Å²) in [5, 5.41) is 6.34. The summed E-state index contributed by atoms with van der Waals surface area (Å²) < 4.78 is 0. The fourth-order valence-corrected chi connectivity index (χ4v) is 0.781. The molecule has 58 valence electrons. The van der Waals surface area contributed by atoms with E-state index in [2.05, 4.69) is 10.6 Å². The van der Waals surface area contributed by atoms with Crippen molar-refractivity contribution in [3.05, 3.63) is 0 Å². The van der Waals surface area contributed by atoms with Gasteiger partial charge in [0.15, 0.2) is 0 Å². The van der Waals surface area contributed by atoms with E-state index in [1.165, 1.54) is 19.6 Å². The predicted octanol–water partition coefficient (Wildman–Crippen LogP) is 0.269. The van der Waals surface area contributed by atoms with Crippen molar-refractivity contribution >= 4 is 24.8 Å². The Labute approximate surface area is 68.6 Å². The van der Waals surface area contributed by atoms with Gasteiger partial charge in [-0.2, -0.15) is 0 Å². The normalized spacial score (nSPS) is 17.0. The van der Waals surface area contributed by atoms with Gasteiger partial charge in [0.2, 0.25) is 0 Å². The standard InChI is InChI=1S/C5H12N2.2ClH/c1-6-2-5-3-7-4-5;;/h5-7H,2-4H2,1H3;2*1H. The van der Waals surface area contributed by atoms with Crippen LogP contribution in [-0.2, 0) is 0 Å². The Morgan fingerprint density at radius 1 is 1.44 bits per heavy atom. The summed E-state index contributed by atoms with van der Waals surface area (Å²) in [4.78, 5) is 0. The van der Waals surface area contributed by atoms with Crippen molar-refractivity contribution in [1.82, 2.24) is 10.6 Å². The van der Waals surface area contributed by atoms with Crippen LogP contribution in [0, 0.1) is 5.92 Å². The predicted molar refractivity (Wildman–Crippen MR) is 44.8 cm³/mol. The van der Waals surface area contributed by atoms with Gasteiger partial charge in [-0.15, -0.1) is 24.8 Å². The van der Waals surface area contributed by atoms with Crippen molar-refractivity contribution in [2.24, 2.45) is 5.92 Å². The summed E-state index contributed by atoms with van der Waals surface area (Å²) in [6.07, 6.45) is 0. The fourth-order valence-electron chi connectivity index (χ4n) is 0.781. The molecule has 1 fully saturated rings. The first-order valence-corrected chi connectivity index (χ1v) is 2.79. The molecule has 0 spiro atoms. The summed E-state index contributed by atoms with van der Waals surface area (Å²) in [5.74, 6) is 0.907. The van der Waals surface area contributed by atoms with E-state index >= 15 is 0 Å². The molecule has 0 bridgehead atoms. The number of hydrogen-bond acceptors (Lipinski definition) is 2. The average Bonchev–Trinajstić information content (AvgIpc) is 1.55. The van der Waals surface area contributed by atoms with Gasteiger partial charge in [0.05, 0.1) is 0 Å². The minimum absolute atomic E-state index is 0. The Bertz CT molecular complexity index is 56.9. The SMILES string of the molecule is CNCC1CNC1.Cl.Cl. The van der Waals surface area contributed by atoms with Crippen molar-refractivity contribution in [3.8, 4) is 0 Å². The molecule has 0 radical (unpaired) electrons. The van der Waals surface area contributed by atoms with Crippen molar-refractivity contribution < 1.29 is 0 Å². The summed E-state index contributed by atoms with van der Waals surface area (Å²) in [7, 11) is 2.00. The van der Waals surface area contributed by atoms with Gasteiger partial charge in [-0.05, 0) is 13.0 Å². The smallest absolute Gasteiger partial charge is 0.000394 e. The minimum atomic E-state index is 0. The molecule has 1 rings (SSSR count). The molecule has 4 heteroatoms. The first-order valence-electron chi connectivity index (χ1n) is 2.79. The second-order valence-electron chi connectivity index (χ2n) is 2.08. The Morgan fingerprint density at radius 2 is 2.00 bits per heavy atom. The Morgan fingerprint density at radius 3 is 2.11 bits per heavy atom. The number of halogens is 2. The van der Waals surface area contributed by atoms with Crippen LogP contribution in [-0.4, -0.2) is 26.7 Å². The van der Waals surface area contributed by atoms with E-state index in [1.54, 1.807) is 0 Å². The second kappa shape index (κ2) is 6.62. The molecule has 9 heavy (non-hydrogen) atoms. The van der Waals surface area contributed by atoms with Crippen LogP contribution >= 0.6 is 24.8 Å². The summed E-state index contributed by atoms with van der Waals surface area (Å²) in [6, 6.07) is 0. The van der Waals surface area contributed by atoms with Gasteiger partial charge in [0.25, 0.3) is 0 Å². The molecule has 0 aromatic rings. The van der Waals surface area contributed by atoms with Gasteiger partial charge in [0, 0.05) is 19.6 Å². The lowest BCUT2D eigenvalue weighted by Crippen LogP contribution is -2.46. The van der Waals surface area contributed by atoms with Crippen LogP contribution in [0.4, 0.5) is 0 Å². The molecule has 2 nitrogen and oxygen atoms in total. The highest BCUT2D eigenvalue weighted by atomic mass is 35.5. The Hall–Kier alpha value is 0.500. The van der Waals surface area contributed by atoms with E-state index in [0.29, 0.717) is 0 Å². The monoisotopic (exact) mass is 172 g/mol. The molecule has 2 N–H and O–H groups in total. The maximum atomic E-state index is 3.21. The lowest BCUT2D eigenvalue weighted by molar-refractivity contribution is 0.340. The van der Waals surface area contributed by atoms with Gasteiger partial charge < -0.3 is 10.6 Å². The largest absolute Gasteiger partial charge is 0.319 e. The van der Waals surface area contributed by atoms with Crippen molar-refractivity contribution in [2.45, 2.75) is 0 Å². The Kier molecular flexibility index (Phi) is 8.97. The van der Waals surface area contributed by atoms with Gasteiger partial charge in [-0.25, -0.2) is 0 Å². The molecule has 0 aromatic carbocycles. The first kappa shape index (κ1) is 12.2. The van der Waals surface area contributed by atoms with Crippen molar-refractivity contribution in [1.29, 1.82) is 0 Å². The summed E-state index contributed by atoms with van der Waals surface area (Å²) in [6.45, 7) is 3.59. The van der Waals surface area contributed by atoms with E-state index in [-0.39, 0.29) is 24.8 Å². The van der Waals surface area contributed by atoms with E-state index in [1.807, 2.05) is 7.05 Å². The lowest BCUT2D eigenvalue weighted by atomic mass is 10.0. The third-order valence-electron chi connectivity index (χ3n) is 1.36. The number of hydrogen-bond donors (Lipinski definition) is 2. The summed E-state index contributed by atoms with van der Waals surface area (Å²) in [5.41, 5.74) is 0. The Balaban J connectivity index is 0. The van der Waals surface area contributed by atoms with Gasteiger partial charge in [-0.1, -0.05) is 0 Å². The van der Waals surface area contributed by atoms with Crippen LogP contribution < -0.4 is 10.6 Å². The highest BCUT2D eigenvalue weighted by molar-refractivity contribution is 5.85. The molecule has 1 aliphatic rings. The number of rotatable bonds is 2. The molecular formula is C5H14Cl2N2. The second-order valence-corrected chi connectivity index (χ2v) is 2.08. The minimum Gasteiger partial charge on any atom is -0.319 e. The van der Waals surface area contributed by atoms with Crippen molar-refractivity contribution in [2.75, 3.05) is 26.7 Å². The molecule has 0 unspecified atom stereocenters. The zero-order valence-corrected chi connectivity index (χ0v) is 7.15. The fraction of sp³-hybridized carbons (Fsp3) is 1.00. The molecule has 0 saturated carbocycles. The molecule has 0 aromatic heterocycles. The maximum Gasteiger partial charge on any atom is 0.000394 e. The highest BCUT2D eigenvalue weighted by Gasteiger charge is 2.13.